The highest BCUT2D eigenvalue weighted by molar-refractivity contribution is 7.98. The molecule has 0 aliphatic carbocycles. The van der Waals surface area contributed by atoms with Crippen molar-refractivity contribution in [3.63, 3.8) is 0 Å². The molecular weight excluding hydrogens is 366 g/mol. The summed E-state index contributed by atoms with van der Waals surface area (Å²) in [5, 5.41) is 5.26. The molecular formula is C19H29N3O4S. The maximum atomic E-state index is 12.6. The maximum Gasteiger partial charge on any atom is 0.408 e. The number of nitrogens with two attached hydrogens (primary N) is 1. The van der Waals surface area contributed by atoms with E-state index in [1.165, 1.54) is 0 Å². The molecule has 1 aromatic rings. The van der Waals surface area contributed by atoms with E-state index in [1.54, 1.807) is 11.8 Å². The lowest BCUT2D eigenvalue weighted by molar-refractivity contribution is -0.129. The molecule has 0 unspecified atom stereocenters. The summed E-state index contributed by atoms with van der Waals surface area (Å²) in [7, 11) is 0. The van der Waals surface area contributed by atoms with E-state index >= 15 is 0 Å². The first-order valence-electron chi connectivity index (χ1n) is 8.94. The molecule has 0 spiro atoms. The largest absolute Gasteiger partial charge is 0.445 e. The average molecular weight is 396 g/mol. The van der Waals surface area contributed by atoms with Crippen LogP contribution in [0.25, 0.3) is 0 Å². The number of rotatable bonds is 11. The zero-order valence-corrected chi connectivity index (χ0v) is 16.9. The number of thioether (sulfide) groups is 1. The molecule has 0 bridgehead atoms. The molecule has 0 aromatic heterocycles. The molecule has 1 rings (SSSR count). The molecule has 8 heteroatoms. The summed E-state index contributed by atoms with van der Waals surface area (Å²) in [5.74, 6) is -0.477. The number of nitrogens with one attached hydrogen (secondary N) is 2. The Kier molecular flexibility index (Phi) is 10.3. The fourth-order valence-electron chi connectivity index (χ4n) is 2.38. The quantitative estimate of drug-likeness (QED) is 0.531. The molecule has 0 heterocycles. The lowest BCUT2D eigenvalue weighted by atomic mass is 9.98. The minimum Gasteiger partial charge on any atom is -0.445 e. The summed E-state index contributed by atoms with van der Waals surface area (Å²) in [4.78, 5) is 36.3. The van der Waals surface area contributed by atoms with E-state index in [0.29, 0.717) is 18.6 Å². The van der Waals surface area contributed by atoms with E-state index < -0.39 is 30.0 Å². The predicted octanol–water partition coefficient (Wildman–Crippen LogP) is 2.05. The Bertz CT molecular complexity index is 612. The van der Waals surface area contributed by atoms with Gasteiger partial charge in [0.2, 0.25) is 11.8 Å². The third-order valence-corrected chi connectivity index (χ3v) is 4.90. The number of benzene rings is 1. The molecule has 0 saturated heterocycles. The van der Waals surface area contributed by atoms with Gasteiger partial charge in [-0.1, -0.05) is 50.6 Å². The second-order valence-corrected chi connectivity index (χ2v) is 7.30. The zero-order chi connectivity index (χ0) is 20.2. The molecule has 4 N–H and O–H groups in total. The summed E-state index contributed by atoms with van der Waals surface area (Å²) in [6.07, 6.45) is 2.34. The van der Waals surface area contributed by atoms with Crippen molar-refractivity contribution < 1.29 is 19.1 Å². The molecule has 0 saturated carbocycles. The van der Waals surface area contributed by atoms with Crippen LogP contribution in [0.15, 0.2) is 30.3 Å². The highest BCUT2D eigenvalue weighted by atomic mass is 32.2. The first kappa shape index (κ1) is 22.8. The van der Waals surface area contributed by atoms with E-state index in [-0.39, 0.29) is 12.5 Å². The summed E-state index contributed by atoms with van der Waals surface area (Å²) in [6, 6.07) is 7.69. The zero-order valence-electron chi connectivity index (χ0n) is 16.1. The standard InChI is InChI=1S/C19H29N3O4S/c1-4-13(2)16(18(24)21-15(17(20)23)10-11-27-3)22-19(25)26-12-14-8-6-5-7-9-14/h5-9,13,15-16H,4,10-12H2,1-3H3,(H2,20,23)(H,21,24)(H,22,25)/t13-,15+,16+/m1/s1. The van der Waals surface area contributed by atoms with Crippen molar-refractivity contribution in [3.8, 4) is 0 Å². The van der Waals surface area contributed by atoms with Crippen LogP contribution in [0, 0.1) is 5.92 Å². The molecule has 0 radical (unpaired) electrons. The van der Waals surface area contributed by atoms with Crippen molar-refractivity contribution in [2.75, 3.05) is 12.0 Å². The summed E-state index contributed by atoms with van der Waals surface area (Å²) >= 11 is 1.56. The van der Waals surface area contributed by atoms with Gasteiger partial charge in [0, 0.05) is 0 Å². The molecule has 3 atom stereocenters. The number of carbonyl (C=O) groups excluding carboxylic acids is 3. The SMILES string of the molecule is CC[C@@H](C)[C@H](NC(=O)OCc1ccccc1)C(=O)N[C@@H](CCSC)C(N)=O. The van der Waals surface area contributed by atoms with Crippen LogP contribution < -0.4 is 16.4 Å². The van der Waals surface area contributed by atoms with E-state index in [2.05, 4.69) is 10.6 Å². The second kappa shape index (κ2) is 12.2. The molecule has 150 valence electrons. The first-order chi connectivity index (χ1) is 12.9. The van der Waals surface area contributed by atoms with Crippen LogP contribution in [-0.2, 0) is 20.9 Å². The van der Waals surface area contributed by atoms with Crippen LogP contribution >= 0.6 is 11.8 Å². The summed E-state index contributed by atoms with van der Waals surface area (Å²) < 4.78 is 5.20. The Morgan fingerprint density at radius 3 is 2.41 bits per heavy atom. The number of ether oxygens (including phenoxy) is 1. The minimum atomic E-state index is -0.811. The van der Waals surface area contributed by atoms with Gasteiger partial charge in [-0.3, -0.25) is 9.59 Å². The third kappa shape index (κ3) is 8.34. The molecule has 1 aromatic carbocycles. The van der Waals surface area contributed by atoms with Crippen LogP contribution in [0.3, 0.4) is 0 Å². The molecule has 7 nitrogen and oxygen atoms in total. The van der Waals surface area contributed by atoms with E-state index in [4.69, 9.17) is 10.5 Å². The second-order valence-electron chi connectivity index (χ2n) is 6.31. The van der Waals surface area contributed by atoms with Gasteiger partial charge in [0.05, 0.1) is 0 Å². The number of amides is 3. The monoisotopic (exact) mass is 395 g/mol. The number of carbonyl (C=O) groups is 3. The van der Waals surface area contributed by atoms with Crippen molar-refractivity contribution in [1.29, 1.82) is 0 Å². The van der Waals surface area contributed by atoms with Crippen LogP contribution in [0.4, 0.5) is 4.79 Å². The van der Waals surface area contributed by atoms with Gasteiger partial charge < -0.3 is 21.1 Å². The Hall–Kier alpha value is -2.22. The number of primary amides is 1. The highest BCUT2D eigenvalue weighted by Gasteiger charge is 2.29. The van der Waals surface area contributed by atoms with Crippen LogP contribution in [-0.4, -0.2) is 42.0 Å². The molecule has 3 amide bonds. The lowest BCUT2D eigenvalue weighted by Gasteiger charge is -2.25. The van der Waals surface area contributed by atoms with Gasteiger partial charge in [0.15, 0.2) is 0 Å². The van der Waals surface area contributed by atoms with Gasteiger partial charge in [-0.2, -0.15) is 11.8 Å². The Balaban J connectivity index is 2.68. The lowest BCUT2D eigenvalue weighted by Crippen LogP contribution is -2.55. The van der Waals surface area contributed by atoms with Crippen molar-refractivity contribution in [3.05, 3.63) is 35.9 Å². The molecule has 0 aliphatic rings. The van der Waals surface area contributed by atoms with E-state index in [0.717, 1.165) is 5.56 Å². The number of hydrogen-bond donors (Lipinski definition) is 3. The first-order valence-corrected chi connectivity index (χ1v) is 10.3. The van der Waals surface area contributed by atoms with Crippen LogP contribution in [0.5, 0.6) is 0 Å². The van der Waals surface area contributed by atoms with Crippen LogP contribution in [0.1, 0.15) is 32.3 Å². The maximum absolute atomic E-state index is 12.6. The topological polar surface area (TPSA) is 111 Å². The van der Waals surface area contributed by atoms with E-state index in [1.807, 2.05) is 50.4 Å². The van der Waals surface area contributed by atoms with Gasteiger partial charge in [0.25, 0.3) is 0 Å². The summed E-state index contributed by atoms with van der Waals surface area (Å²) in [6.45, 7) is 3.88. The van der Waals surface area contributed by atoms with Gasteiger partial charge in [-0.25, -0.2) is 4.79 Å². The minimum absolute atomic E-state index is 0.110. The van der Waals surface area contributed by atoms with Crippen molar-refractivity contribution >= 4 is 29.7 Å². The normalized spacial score (nSPS) is 13.9. The highest BCUT2D eigenvalue weighted by Crippen LogP contribution is 2.10. The van der Waals surface area contributed by atoms with Crippen molar-refractivity contribution in [2.24, 2.45) is 11.7 Å². The van der Waals surface area contributed by atoms with Gasteiger partial charge >= 0.3 is 6.09 Å². The fourth-order valence-corrected chi connectivity index (χ4v) is 2.85. The van der Waals surface area contributed by atoms with E-state index in [9.17, 15) is 14.4 Å². The molecule has 27 heavy (non-hydrogen) atoms. The Morgan fingerprint density at radius 1 is 1.19 bits per heavy atom. The summed E-state index contributed by atoms with van der Waals surface area (Å²) in [5.41, 5.74) is 6.22. The van der Waals surface area contributed by atoms with Gasteiger partial charge in [0.1, 0.15) is 18.7 Å². The smallest absolute Gasteiger partial charge is 0.408 e. The number of hydrogen-bond acceptors (Lipinski definition) is 5. The number of alkyl carbamates (subject to hydrolysis) is 1. The fraction of sp³-hybridized carbons (Fsp3) is 0.526. The van der Waals surface area contributed by atoms with Crippen LogP contribution in [0.2, 0.25) is 0 Å². The van der Waals surface area contributed by atoms with Gasteiger partial charge in [-0.15, -0.1) is 0 Å². The molecule has 0 fully saturated rings. The molecule has 0 aliphatic heterocycles. The Labute approximate surface area is 164 Å². The predicted molar refractivity (Wildman–Crippen MR) is 107 cm³/mol. The third-order valence-electron chi connectivity index (χ3n) is 4.25. The van der Waals surface area contributed by atoms with Gasteiger partial charge in [-0.05, 0) is 29.9 Å². The average Bonchev–Trinajstić information content (AvgIpc) is 2.67. The van der Waals surface area contributed by atoms with Crippen molar-refractivity contribution in [1.82, 2.24) is 10.6 Å². The Morgan fingerprint density at radius 2 is 1.85 bits per heavy atom. The van der Waals surface area contributed by atoms with Crippen molar-refractivity contribution in [2.45, 2.75) is 45.4 Å².